The summed E-state index contributed by atoms with van der Waals surface area (Å²) in [6, 6.07) is 26.1. The van der Waals surface area contributed by atoms with Gasteiger partial charge in [0, 0.05) is 36.7 Å². The summed E-state index contributed by atoms with van der Waals surface area (Å²) in [6.07, 6.45) is 0.458. The summed E-state index contributed by atoms with van der Waals surface area (Å²) < 4.78 is 6.07. The number of carbonyl (C=O) groups excluding carboxylic acids is 1. The number of para-hydroxylation sites is 2. The van der Waals surface area contributed by atoms with E-state index in [4.69, 9.17) is 9.73 Å². The quantitative estimate of drug-likeness (QED) is 0.201. The number of hydrogen-bond donors (Lipinski definition) is 3. The molecule has 1 amide bonds. The van der Waals surface area contributed by atoms with Crippen LogP contribution >= 0.6 is 24.0 Å². The minimum atomic E-state index is 0. The summed E-state index contributed by atoms with van der Waals surface area (Å²) in [5.74, 6) is 1.70. The average Bonchev–Trinajstić information content (AvgIpc) is 2.85. The van der Waals surface area contributed by atoms with Crippen molar-refractivity contribution in [1.82, 2.24) is 10.6 Å². The number of nitrogens with zero attached hydrogens (tertiary/aromatic N) is 1. The molecule has 0 saturated heterocycles. The molecule has 0 bridgehead atoms. The highest BCUT2D eigenvalue weighted by Crippen LogP contribution is 2.31. The molecular weight excluding hydrogens is 539 g/mol. The van der Waals surface area contributed by atoms with E-state index in [1.165, 1.54) is 0 Å². The maximum Gasteiger partial charge on any atom is 0.225 e. The summed E-state index contributed by atoms with van der Waals surface area (Å²) in [5.41, 5.74) is 4.20. The number of aliphatic imine (C=N–C) groups is 1. The Labute approximate surface area is 218 Å². The molecule has 34 heavy (non-hydrogen) atoms. The van der Waals surface area contributed by atoms with E-state index in [1.54, 1.807) is 0 Å². The molecule has 0 aliphatic carbocycles. The van der Waals surface area contributed by atoms with Crippen LogP contribution in [-0.4, -0.2) is 25.0 Å². The van der Waals surface area contributed by atoms with Crippen LogP contribution in [0.15, 0.2) is 83.9 Å². The minimum Gasteiger partial charge on any atom is -0.489 e. The summed E-state index contributed by atoms with van der Waals surface area (Å²) in [7, 11) is 0. The number of fused-ring (bicyclic) bond motifs is 1. The van der Waals surface area contributed by atoms with E-state index in [0.717, 1.165) is 40.6 Å². The molecule has 7 heteroatoms. The first-order valence-electron chi connectivity index (χ1n) is 11.4. The number of rotatable bonds is 8. The normalized spacial score (nSPS) is 14.9. The van der Waals surface area contributed by atoms with Gasteiger partial charge in [-0.3, -0.25) is 4.79 Å². The summed E-state index contributed by atoms with van der Waals surface area (Å²) in [5, 5.41) is 9.67. The summed E-state index contributed by atoms with van der Waals surface area (Å²) >= 11 is 0. The van der Waals surface area contributed by atoms with Gasteiger partial charge in [-0.05, 0) is 30.2 Å². The molecule has 1 aliphatic heterocycles. The molecule has 1 atom stereocenters. The standard InChI is InChI=1S/C27H30N4O2.HI/c1-2-28-27(30-18-22-16-26(32)31-24-14-8-7-13-23(22)24)29-17-21-12-6-9-15-25(21)33-19-20-10-4-3-5-11-20;/h3-15,22H,2,16-19H2,1H3,(H,31,32)(H2,28,29,30);1H. The molecule has 1 aliphatic rings. The second-order valence-electron chi connectivity index (χ2n) is 7.99. The van der Waals surface area contributed by atoms with Crippen molar-refractivity contribution in [2.24, 2.45) is 4.99 Å². The molecule has 1 unspecified atom stereocenters. The van der Waals surface area contributed by atoms with Crippen LogP contribution in [-0.2, 0) is 17.9 Å². The minimum absolute atomic E-state index is 0. The van der Waals surface area contributed by atoms with E-state index in [9.17, 15) is 4.79 Å². The second-order valence-corrected chi connectivity index (χ2v) is 7.99. The fourth-order valence-electron chi connectivity index (χ4n) is 3.92. The highest BCUT2D eigenvalue weighted by molar-refractivity contribution is 14.0. The van der Waals surface area contributed by atoms with Gasteiger partial charge in [-0.25, -0.2) is 4.99 Å². The smallest absolute Gasteiger partial charge is 0.225 e. The van der Waals surface area contributed by atoms with Crippen molar-refractivity contribution >= 4 is 41.5 Å². The first-order valence-corrected chi connectivity index (χ1v) is 11.4. The van der Waals surface area contributed by atoms with Crippen LogP contribution in [0.3, 0.4) is 0 Å². The highest BCUT2D eigenvalue weighted by Gasteiger charge is 2.24. The topological polar surface area (TPSA) is 74.8 Å². The van der Waals surface area contributed by atoms with Crippen LogP contribution in [0.2, 0.25) is 0 Å². The molecule has 0 fully saturated rings. The van der Waals surface area contributed by atoms with E-state index in [1.807, 2.05) is 67.6 Å². The van der Waals surface area contributed by atoms with Crippen molar-refractivity contribution in [3.05, 3.63) is 95.6 Å². The lowest BCUT2D eigenvalue weighted by molar-refractivity contribution is -0.116. The number of guanidine groups is 1. The lowest BCUT2D eigenvalue weighted by Gasteiger charge is -2.26. The van der Waals surface area contributed by atoms with E-state index in [-0.39, 0.29) is 35.8 Å². The fourth-order valence-corrected chi connectivity index (χ4v) is 3.92. The third-order valence-corrected chi connectivity index (χ3v) is 5.58. The van der Waals surface area contributed by atoms with Crippen LogP contribution in [0.25, 0.3) is 0 Å². The summed E-state index contributed by atoms with van der Waals surface area (Å²) in [4.78, 5) is 16.9. The molecule has 0 spiro atoms. The van der Waals surface area contributed by atoms with Gasteiger partial charge < -0.3 is 20.7 Å². The molecule has 0 radical (unpaired) electrons. The SMILES string of the molecule is CCNC(=NCc1ccccc1OCc1ccccc1)NCC1CC(=O)Nc2ccccc21.I. The zero-order valence-electron chi connectivity index (χ0n) is 19.3. The maximum absolute atomic E-state index is 12.1. The molecule has 1 heterocycles. The Balaban J connectivity index is 0.00000324. The second kappa shape index (κ2) is 13.0. The number of nitrogens with one attached hydrogen (secondary N) is 3. The van der Waals surface area contributed by atoms with Gasteiger partial charge >= 0.3 is 0 Å². The van der Waals surface area contributed by atoms with E-state index >= 15 is 0 Å². The van der Waals surface area contributed by atoms with Gasteiger partial charge in [0.1, 0.15) is 12.4 Å². The third-order valence-electron chi connectivity index (χ3n) is 5.58. The molecule has 3 aromatic carbocycles. The molecular formula is C27H31IN4O2. The van der Waals surface area contributed by atoms with Gasteiger partial charge in [0.05, 0.1) is 6.54 Å². The number of carbonyl (C=O) groups is 1. The Morgan fingerprint density at radius 3 is 2.56 bits per heavy atom. The lowest BCUT2D eigenvalue weighted by Crippen LogP contribution is -2.40. The average molecular weight is 570 g/mol. The molecule has 3 N–H and O–H groups in total. The Hall–Kier alpha value is -3.07. The monoisotopic (exact) mass is 570 g/mol. The van der Waals surface area contributed by atoms with E-state index in [0.29, 0.717) is 26.1 Å². The van der Waals surface area contributed by atoms with Crippen LogP contribution < -0.4 is 20.7 Å². The number of anilines is 1. The van der Waals surface area contributed by atoms with Gasteiger partial charge in [0.2, 0.25) is 5.91 Å². The first kappa shape index (κ1) is 25.6. The number of benzene rings is 3. The van der Waals surface area contributed by atoms with Crippen molar-refractivity contribution in [3.8, 4) is 5.75 Å². The van der Waals surface area contributed by atoms with Gasteiger partial charge in [-0.2, -0.15) is 0 Å². The predicted molar refractivity (Wildman–Crippen MR) is 148 cm³/mol. The summed E-state index contributed by atoms with van der Waals surface area (Å²) in [6.45, 7) is 4.42. The molecule has 6 nitrogen and oxygen atoms in total. The molecule has 0 saturated carbocycles. The van der Waals surface area contributed by atoms with Crippen molar-refractivity contribution in [3.63, 3.8) is 0 Å². The highest BCUT2D eigenvalue weighted by atomic mass is 127. The zero-order valence-corrected chi connectivity index (χ0v) is 21.6. The largest absolute Gasteiger partial charge is 0.489 e. The molecule has 4 rings (SSSR count). The van der Waals surface area contributed by atoms with E-state index < -0.39 is 0 Å². The lowest BCUT2D eigenvalue weighted by atomic mass is 9.90. The van der Waals surface area contributed by atoms with Gasteiger partial charge in [0.15, 0.2) is 5.96 Å². The van der Waals surface area contributed by atoms with E-state index in [2.05, 4.69) is 34.1 Å². The van der Waals surface area contributed by atoms with Crippen LogP contribution in [0, 0.1) is 0 Å². The number of hydrogen-bond acceptors (Lipinski definition) is 3. The Morgan fingerprint density at radius 2 is 1.74 bits per heavy atom. The van der Waals surface area contributed by atoms with Gasteiger partial charge in [0.25, 0.3) is 0 Å². The van der Waals surface area contributed by atoms with Crippen molar-refractivity contribution in [1.29, 1.82) is 0 Å². The van der Waals surface area contributed by atoms with Crippen LogP contribution in [0.1, 0.15) is 36.0 Å². The van der Waals surface area contributed by atoms with Crippen molar-refractivity contribution < 1.29 is 9.53 Å². The molecule has 0 aromatic heterocycles. The Morgan fingerprint density at radius 1 is 1.00 bits per heavy atom. The van der Waals surface area contributed by atoms with Gasteiger partial charge in [-0.1, -0.05) is 66.7 Å². The third kappa shape index (κ3) is 6.96. The first-order chi connectivity index (χ1) is 16.2. The van der Waals surface area contributed by atoms with Gasteiger partial charge in [-0.15, -0.1) is 24.0 Å². The van der Waals surface area contributed by atoms with Crippen LogP contribution in [0.5, 0.6) is 5.75 Å². The molecule has 178 valence electrons. The Bertz CT molecular complexity index is 1100. The van der Waals surface area contributed by atoms with Crippen LogP contribution in [0.4, 0.5) is 5.69 Å². The van der Waals surface area contributed by atoms with Crippen molar-refractivity contribution in [2.75, 3.05) is 18.4 Å². The maximum atomic E-state index is 12.1. The Kier molecular flexibility index (Phi) is 9.75. The zero-order chi connectivity index (χ0) is 22.9. The number of ether oxygens (including phenoxy) is 1. The number of halogens is 1. The predicted octanol–water partition coefficient (Wildman–Crippen LogP) is 5.06. The number of amides is 1. The van der Waals surface area contributed by atoms with Crippen molar-refractivity contribution in [2.45, 2.75) is 32.4 Å². The fraction of sp³-hybridized carbons (Fsp3) is 0.259. The molecule has 3 aromatic rings.